The van der Waals surface area contributed by atoms with Crippen LogP contribution >= 0.6 is 0 Å². The molecule has 1 aromatic carbocycles. The maximum atomic E-state index is 13.1. The van der Waals surface area contributed by atoms with E-state index in [1.165, 1.54) is 0 Å². The SMILES string of the molecule is C[C@H]1C[C@H](NC(=O)C(=O)c2cn(CC(=O)N3CCOCC3)c3ccccc23)CC(C)(C)C1. The summed E-state index contributed by atoms with van der Waals surface area (Å²) in [7, 11) is 0. The van der Waals surface area contributed by atoms with E-state index in [9.17, 15) is 14.4 Å². The maximum Gasteiger partial charge on any atom is 0.292 e. The molecule has 2 fully saturated rings. The number of ether oxygens (including phenoxy) is 1. The molecule has 32 heavy (non-hydrogen) atoms. The van der Waals surface area contributed by atoms with Crippen molar-refractivity contribution in [3.8, 4) is 0 Å². The molecule has 172 valence electrons. The number of morpholine rings is 1. The zero-order valence-corrected chi connectivity index (χ0v) is 19.2. The van der Waals surface area contributed by atoms with Crippen molar-refractivity contribution in [3.05, 3.63) is 36.0 Å². The molecule has 1 saturated carbocycles. The van der Waals surface area contributed by atoms with Gasteiger partial charge < -0.3 is 19.5 Å². The van der Waals surface area contributed by atoms with Gasteiger partial charge in [0.05, 0.1) is 18.8 Å². The summed E-state index contributed by atoms with van der Waals surface area (Å²) in [5.41, 5.74) is 1.27. The third-order valence-electron chi connectivity index (χ3n) is 6.63. The lowest BCUT2D eigenvalue weighted by molar-refractivity contribution is -0.135. The van der Waals surface area contributed by atoms with Gasteiger partial charge in [0.15, 0.2) is 0 Å². The van der Waals surface area contributed by atoms with E-state index in [1.54, 1.807) is 15.7 Å². The van der Waals surface area contributed by atoms with Crippen LogP contribution in [0.5, 0.6) is 0 Å². The molecule has 7 heteroatoms. The average Bonchev–Trinajstić information content (AvgIpc) is 3.10. The smallest absolute Gasteiger partial charge is 0.292 e. The summed E-state index contributed by atoms with van der Waals surface area (Å²) < 4.78 is 7.10. The number of nitrogens with zero attached hydrogens (tertiary/aromatic N) is 2. The lowest BCUT2D eigenvalue weighted by Gasteiger charge is -2.39. The van der Waals surface area contributed by atoms with Crippen molar-refractivity contribution in [1.82, 2.24) is 14.8 Å². The number of aromatic nitrogens is 1. The first-order valence-electron chi connectivity index (χ1n) is 11.5. The molecule has 0 bridgehead atoms. The van der Waals surface area contributed by atoms with Crippen LogP contribution in [0.4, 0.5) is 0 Å². The zero-order chi connectivity index (χ0) is 22.9. The molecule has 2 atom stereocenters. The summed E-state index contributed by atoms with van der Waals surface area (Å²) in [5, 5.41) is 3.68. The van der Waals surface area contributed by atoms with Gasteiger partial charge in [-0.3, -0.25) is 14.4 Å². The van der Waals surface area contributed by atoms with E-state index in [2.05, 4.69) is 26.1 Å². The Morgan fingerprint density at radius 3 is 2.56 bits per heavy atom. The third-order valence-corrected chi connectivity index (χ3v) is 6.63. The normalized spacial score (nSPS) is 23.2. The topological polar surface area (TPSA) is 80.6 Å². The van der Waals surface area contributed by atoms with E-state index in [0.29, 0.717) is 43.2 Å². The lowest BCUT2D eigenvalue weighted by atomic mass is 9.70. The van der Waals surface area contributed by atoms with Crippen molar-refractivity contribution in [2.45, 2.75) is 52.6 Å². The van der Waals surface area contributed by atoms with E-state index in [0.717, 1.165) is 24.8 Å². The Morgan fingerprint density at radius 1 is 1.12 bits per heavy atom. The number of fused-ring (bicyclic) bond motifs is 1. The van der Waals surface area contributed by atoms with Crippen molar-refractivity contribution >= 4 is 28.5 Å². The van der Waals surface area contributed by atoms with Gasteiger partial charge in [-0.15, -0.1) is 0 Å². The number of hydrogen-bond acceptors (Lipinski definition) is 4. The molecule has 7 nitrogen and oxygen atoms in total. The van der Waals surface area contributed by atoms with Crippen molar-refractivity contribution in [2.24, 2.45) is 11.3 Å². The van der Waals surface area contributed by atoms with E-state index < -0.39 is 11.7 Å². The Kier molecular flexibility index (Phi) is 6.38. The average molecular weight is 440 g/mol. The number of carbonyl (C=O) groups excluding carboxylic acids is 3. The standard InChI is InChI=1S/C25H33N3O4/c1-17-12-18(14-25(2,3)13-17)26-24(31)23(30)20-15-28(21-7-5-4-6-19(20)21)16-22(29)27-8-10-32-11-9-27/h4-7,15,17-18H,8-14,16H2,1-3H3,(H,26,31)/t17-,18-/m0/s1. The van der Waals surface area contributed by atoms with Crippen LogP contribution in [0.3, 0.4) is 0 Å². The second-order valence-electron chi connectivity index (χ2n) is 10.1. The van der Waals surface area contributed by atoms with Crippen LogP contribution in [0.2, 0.25) is 0 Å². The van der Waals surface area contributed by atoms with Gasteiger partial charge >= 0.3 is 0 Å². The third kappa shape index (κ3) is 4.88. The Hall–Kier alpha value is -2.67. The lowest BCUT2D eigenvalue weighted by Crippen LogP contribution is -2.45. The Bertz CT molecular complexity index is 1020. The molecule has 1 aromatic heterocycles. The fourth-order valence-electron chi connectivity index (χ4n) is 5.45. The van der Waals surface area contributed by atoms with E-state index >= 15 is 0 Å². The van der Waals surface area contributed by atoms with Crippen LogP contribution in [0.15, 0.2) is 30.5 Å². The maximum absolute atomic E-state index is 13.1. The molecule has 2 amide bonds. The van der Waals surface area contributed by atoms with E-state index in [4.69, 9.17) is 4.74 Å². The van der Waals surface area contributed by atoms with Crippen molar-refractivity contribution < 1.29 is 19.1 Å². The minimum absolute atomic E-state index is 0.00134. The predicted molar refractivity (Wildman–Crippen MR) is 122 cm³/mol. The quantitative estimate of drug-likeness (QED) is 0.574. The number of para-hydroxylation sites is 1. The van der Waals surface area contributed by atoms with Crippen LogP contribution in [0.25, 0.3) is 10.9 Å². The summed E-state index contributed by atoms with van der Waals surface area (Å²) in [6.07, 6.45) is 4.53. The molecule has 4 rings (SSSR count). The monoisotopic (exact) mass is 439 g/mol. The van der Waals surface area contributed by atoms with Crippen LogP contribution in [0, 0.1) is 11.3 Å². The van der Waals surface area contributed by atoms with Crippen molar-refractivity contribution in [2.75, 3.05) is 26.3 Å². The van der Waals surface area contributed by atoms with Crippen LogP contribution in [-0.4, -0.2) is 59.4 Å². The van der Waals surface area contributed by atoms with Gasteiger partial charge in [-0.1, -0.05) is 39.0 Å². The van der Waals surface area contributed by atoms with Gasteiger partial charge in [0.25, 0.3) is 11.7 Å². The Balaban J connectivity index is 1.52. The highest BCUT2D eigenvalue weighted by molar-refractivity contribution is 6.45. The summed E-state index contributed by atoms with van der Waals surface area (Å²) in [5.74, 6) is -0.625. The molecule has 2 aromatic rings. The molecular formula is C25H33N3O4. The highest BCUT2D eigenvalue weighted by atomic mass is 16.5. The summed E-state index contributed by atoms with van der Waals surface area (Å²) in [6.45, 7) is 8.97. The van der Waals surface area contributed by atoms with E-state index in [1.807, 2.05) is 24.3 Å². The fourth-order valence-corrected chi connectivity index (χ4v) is 5.45. The molecule has 1 saturated heterocycles. The number of Topliss-reactive ketones (excluding diaryl/α,β-unsaturated/α-hetero) is 1. The van der Waals surface area contributed by atoms with Gasteiger partial charge in [-0.25, -0.2) is 0 Å². The van der Waals surface area contributed by atoms with Crippen molar-refractivity contribution in [1.29, 1.82) is 0 Å². The fraction of sp³-hybridized carbons (Fsp3) is 0.560. The molecule has 2 aliphatic rings. The molecule has 1 aliphatic heterocycles. The number of rotatable bonds is 5. The molecule has 2 heterocycles. The minimum atomic E-state index is -0.567. The first-order valence-corrected chi connectivity index (χ1v) is 11.5. The number of amides is 2. The summed E-state index contributed by atoms with van der Waals surface area (Å²) in [6, 6.07) is 7.43. The highest BCUT2D eigenvalue weighted by Crippen LogP contribution is 2.38. The largest absolute Gasteiger partial charge is 0.378 e. The van der Waals surface area contributed by atoms with E-state index in [-0.39, 0.29) is 23.9 Å². The summed E-state index contributed by atoms with van der Waals surface area (Å²) >= 11 is 0. The second-order valence-corrected chi connectivity index (χ2v) is 10.1. The highest BCUT2D eigenvalue weighted by Gasteiger charge is 2.34. The minimum Gasteiger partial charge on any atom is -0.378 e. The van der Waals surface area contributed by atoms with Gasteiger partial charge in [0.2, 0.25) is 5.91 Å². The number of nitrogens with one attached hydrogen (secondary N) is 1. The number of hydrogen-bond donors (Lipinski definition) is 1. The predicted octanol–water partition coefficient (Wildman–Crippen LogP) is 3.01. The molecule has 0 spiro atoms. The zero-order valence-electron chi connectivity index (χ0n) is 19.2. The molecule has 1 aliphatic carbocycles. The van der Waals surface area contributed by atoms with Gasteiger partial charge in [0.1, 0.15) is 6.54 Å². The number of ketones is 1. The van der Waals surface area contributed by atoms with Gasteiger partial charge in [-0.05, 0) is 36.7 Å². The first kappa shape index (κ1) is 22.5. The van der Waals surface area contributed by atoms with Crippen LogP contribution < -0.4 is 5.32 Å². The first-order chi connectivity index (χ1) is 15.2. The van der Waals surface area contributed by atoms with Crippen molar-refractivity contribution in [3.63, 3.8) is 0 Å². The van der Waals surface area contributed by atoms with Gasteiger partial charge in [-0.2, -0.15) is 0 Å². The molecule has 0 unspecified atom stereocenters. The van der Waals surface area contributed by atoms with Gasteiger partial charge in [0, 0.05) is 36.2 Å². The van der Waals surface area contributed by atoms with Crippen LogP contribution in [0.1, 0.15) is 50.4 Å². The number of carbonyl (C=O) groups is 3. The van der Waals surface area contributed by atoms with Crippen LogP contribution in [-0.2, 0) is 20.9 Å². The second kappa shape index (κ2) is 9.06. The molecule has 0 radical (unpaired) electrons. The summed E-state index contributed by atoms with van der Waals surface area (Å²) in [4.78, 5) is 40.6. The molecule has 1 N–H and O–H groups in total. The number of benzene rings is 1. The molecular weight excluding hydrogens is 406 g/mol. The Labute approximate surface area is 189 Å². The Morgan fingerprint density at radius 2 is 1.84 bits per heavy atom.